The van der Waals surface area contributed by atoms with Crippen LogP contribution in [0.2, 0.25) is 0 Å². The number of nitrogens with one attached hydrogen (secondary N) is 3. The van der Waals surface area contributed by atoms with Gasteiger partial charge in [-0.2, -0.15) is 0 Å². The summed E-state index contributed by atoms with van der Waals surface area (Å²) in [6.07, 6.45) is 0. The van der Waals surface area contributed by atoms with E-state index in [4.69, 9.17) is 27.4 Å². The van der Waals surface area contributed by atoms with Crippen molar-refractivity contribution in [3.05, 3.63) is 41.1 Å². The quantitative estimate of drug-likeness (QED) is 0.284. The highest BCUT2D eigenvalue weighted by Gasteiger charge is 2.29. The van der Waals surface area contributed by atoms with Crippen molar-refractivity contribution in [2.24, 2.45) is 5.73 Å². The van der Waals surface area contributed by atoms with E-state index < -0.39 is 6.04 Å². The average Bonchev–Trinajstić information content (AvgIpc) is 2.63. The highest BCUT2D eigenvalue weighted by molar-refractivity contribution is 7.80. The topological polar surface area (TPSA) is 118 Å². The Morgan fingerprint density at radius 2 is 2.04 bits per heavy atom. The molecule has 1 amide bonds. The molecular formula is C18H26N4O4S. The number of ether oxygens (including phenoxy) is 2. The van der Waals surface area contributed by atoms with Crippen LogP contribution in [0.5, 0.6) is 5.75 Å². The van der Waals surface area contributed by atoms with Crippen molar-refractivity contribution in [1.82, 2.24) is 16.0 Å². The van der Waals surface area contributed by atoms with E-state index in [1.807, 2.05) is 6.07 Å². The molecule has 6 N–H and O–H groups in total. The molecule has 0 saturated carbocycles. The van der Waals surface area contributed by atoms with Gasteiger partial charge >= 0.3 is 0 Å². The van der Waals surface area contributed by atoms with E-state index in [-0.39, 0.29) is 11.7 Å². The molecular weight excluding hydrogens is 368 g/mol. The van der Waals surface area contributed by atoms with Gasteiger partial charge in [0.1, 0.15) is 5.75 Å². The molecule has 0 aromatic heterocycles. The highest BCUT2D eigenvalue weighted by Crippen LogP contribution is 2.28. The van der Waals surface area contributed by atoms with E-state index in [2.05, 4.69) is 16.0 Å². The van der Waals surface area contributed by atoms with Crippen LogP contribution in [-0.2, 0) is 14.3 Å². The summed E-state index contributed by atoms with van der Waals surface area (Å²) in [5.74, 6) is -0.104. The predicted molar refractivity (Wildman–Crippen MR) is 106 cm³/mol. The number of nitrogens with two attached hydrogens (primary N) is 1. The van der Waals surface area contributed by atoms with Crippen molar-refractivity contribution in [2.75, 3.05) is 39.5 Å². The van der Waals surface area contributed by atoms with Crippen molar-refractivity contribution in [3.8, 4) is 5.75 Å². The summed E-state index contributed by atoms with van der Waals surface area (Å²) < 4.78 is 10.6. The number of allylic oxidation sites excluding steroid dienone is 1. The third kappa shape index (κ3) is 6.47. The van der Waals surface area contributed by atoms with E-state index in [0.29, 0.717) is 55.9 Å². The van der Waals surface area contributed by atoms with Gasteiger partial charge in [0.05, 0.1) is 38.0 Å². The van der Waals surface area contributed by atoms with Crippen molar-refractivity contribution in [2.45, 2.75) is 13.0 Å². The molecule has 0 spiro atoms. The first-order chi connectivity index (χ1) is 13.0. The Morgan fingerprint density at radius 1 is 1.30 bits per heavy atom. The maximum Gasteiger partial charge on any atom is 0.251 e. The fourth-order valence-corrected chi connectivity index (χ4v) is 2.96. The van der Waals surface area contributed by atoms with Crippen LogP contribution in [0.4, 0.5) is 0 Å². The molecule has 9 heteroatoms. The number of rotatable bonds is 10. The average molecular weight is 394 g/mol. The minimum Gasteiger partial charge on any atom is -0.508 e. The van der Waals surface area contributed by atoms with Crippen LogP contribution in [0.15, 0.2) is 35.5 Å². The van der Waals surface area contributed by atoms with Gasteiger partial charge in [0.25, 0.3) is 5.91 Å². The lowest BCUT2D eigenvalue weighted by Gasteiger charge is -2.30. The van der Waals surface area contributed by atoms with Gasteiger partial charge in [-0.3, -0.25) is 4.79 Å². The van der Waals surface area contributed by atoms with Crippen molar-refractivity contribution in [1.29, 1.82) is 0 Å². The van der Waals surface area contributed by atoms with E-state index in [1.54, 1.807) is 25.1 Å². The standard InChI is InChI=1S/C18H26N4O4S/c1-12-15(17(24)20-6-8-26-10-9-25-7-5-19)16(22-18(27)21-12)13-3-2-4-14(23)11-13/h2-4,11,16,23H,5-10,19H2,1H3,(H,20,24)(H2,21,22,27). The van der Waals surface area contributed by atoms with E-state index in [9.17, 15) is 9.90 Å². The monoisotopic (exact) mass is 394 g/mol. The molecule has 8 nitrogen and oxygen atoms in total. The van der Waals surface area contributed by atoms with Crippen LogP contribution < -0.4 is 21.7 Å². The summed E-state index contributed by atoms with van der Waals surface area (Å²) in [7, 11) is 0. The van der Waals surface area contributed by atoms with E-state index >= 15 is 0 Å². The molecule has 27 heavy (non-hydrogen) atoms. The molecule has 0 fully saturated rings. The summed E-state index contributed by atoms with van der Waals surface area (Å²) >= 11 is 5.21. The number of phenols is 1. The summed E-state index contributed by atoms with van der Waals surface area (Å²) in [4.78, 5) is 12.7. The second-order valence-electron chi connectivity index (χ2n) is 5.93. The SMILES string of the molecule is CC1=C(C(=O)NCCOCCOCCN)C(c2cccc(O)c2)NC(=S)N1. The Balaban J connectivity index is 1.93. The molecule has 1 aliphatic rings. The molecule has 1 aromatic rings. The molecule has 148 valence electrons. The second-order valence-corrected chi connectivity index (χ2v) is 6.34. The van der Waals surface area contributed by atoms with E-state index in [0.717, 1.165) is 5.56 Å². The summed E-state index contributed by atoms with van der Waals surface area (Å²) in [5.41, 5.74) is 7.26. The first-order valence-electron chi connectivity index (χ1n) is 8.74. The first kappa shape index (κ1) is 21.1. The minimum absolute atomic E-state index is 0.126. The Kier molecular flexibility index (Phi) is 8.46. The van der Waals surface area contributed by atoms with Crippen LogP contribution in [0.3, 0.4) is 0 Å². The third-order valence-corrected chi connectivity index (χ3v) is 4.10. The Morgan fingerprint density at radius 3 is 2.74 bits per heavy atom. The van der Waals surface area contributed by atoms with Gasteiger partial charge in [-0.15, -0.1) is 0 Å². The van der Waals surface area contributed by atoms with Crippen LogP contribution in [0, 0.1) is 0 Å². The van der Waals surface area contributed by atoms with Gasteiger partial charge < -0.3 is 36.3 Å². The highest BCUT2D eigenvalue weighted by atomic mass is 32.1. The number of carbonyl (C=O) groups is 1. The molecule has 0 radical (unpaired) electrons. The van der Waals surface area contributed by atoms with Crippen molar-refractivity contribution in [3.63, 3.8) is 0 Å². The molecule has 1 unspecified atom stereocenters. The summed E-state index contributed by atoms with van der Waals surface area (Å²) in [5, 5.41) is 19.1. The number of carbonyl (C=O) groups excluding carboxylic acids is 1. The third-order valence-electron chi connectivity index (χ3n) is 3.88. The number of thiocarbonyl (C=S) groups is 1. The Bertz CT molecular complexity index is 696. The molecule has 1 atom stereocenters. The summed E-state index contributed by atoms with van der Waals surface area (Å²) in [6, 6.07) is 6.29. The molecule has 1 heterocycles. The van der Waals surface area contributed by atoms with Gasteiger partial charge in [-0.1, -0.05) is 12.1 Å². The van der Waals surface area contributed by atoms with Crippen LogP contribution in [0.1, 0.15) is 18.5 Å². The normalized spacial score (nSPS) is 16.7. The van der Waals surface area contributed by atoms with Gasteiger partial charge in [0.15, 0.2) is 5.11 Å². The number of hydrogen-bond acceptors (Lipinski definition) is 6. The van der Waals surface area contributed by atoms with Gasteiger partial charge in [-0.05, 0) is 36.8 Å². The maximum absolute atomic E-state index is 12.7. The smallest absolute Gasteiger partial charge is 0.251 e. The zero-order valence-corrected chi connectivity index (χ0v) is 16.1. The molecule has 2 rings (SSSR count). The first-order valence-corrected chi connectivity index (χ1v) is 9.14. The van der Waals surface area contributed by atoms with Gasteiger partial charge in [0.2, 0.25) is 0 Å². The van der Waals surface area contributed by atoms with Crippen LogP contribution in [0.25, 0.3) is 0 Å². The maximum atomic E-state index is 12.7. The minimum atomic E-state index is -0.448. The number of benzene rings is 1. The fourth-order valence-electron chi connectivity index (χ4n) is 2.69. The second kappa shape index (κ2) is 10.8. The lowest BCUT2D eigenvalue weighted by molar-refractivity contribution is -0.118. The molecule has 0 saturated heterocycles. The molecule has 0 bridgehead atoms. The lowest BCUT2D eigenvalue weighted by Crippen LogP contribution is -2.47. The Labute approximate surface area is 164 Å². The summed E-state index contributed by atoms with van der Waals surface area (Å²) in [6.45, 7) is 4.44. The molecule has 0 aliphatic carbocycles. The lowest BCUT2D eigenvalue weighted by atomic mass is 9.95. The number of hydrogen-bond donors (Lipinski definition) is 5. The zero-order chi connectivity index (χ0) is 19.6. The van der Waals surface area contributed by atoms with Crippen molar-refractivity contribution >= 4 is 23.2 Å². The largest absolute Gasteiger partial charge is 0.508 e. The van der Waals surface area contributed by atoms with Crippen LogP contribution in [-0.4, -0.2) is 55.6 Å². The van der Waals surface area contributed by atoms with E-state index in [1.165, 1.54) is 0 Å². The van der Waals surface area contributed by atoms with Crippen LogP contribution >= 0.6 is 12.2 Å². The van der Waals surface area contributed by atoms with Gasteiger partial charge in [-0.25, -0.2) is 0 Å². The zero-order valence-electron chi connectivity index (χ0n) is 15.3. The predicted octanol–water partition coefficient (Wildman–Crippen LogP) is 0.293. The molecule has 1 aliphatic heterocycles. The van der Waals surface area contributed by atoms with Gasteiger partial charge in [0, 0.05) is 18.8 Å². The fraction of sp³-hybridized carbons (Fsp3) is 0.444. The number of aromatic hydroxyl groups is 1. The Hall–Kier alpha value is -2.20. The van der Waals surface area contributed by atoms with Crippen molar-refractivity contribution < 1.29 is 19.4 Å². The number of phenolic OH excluding ortho intramolecular Hbond substituents is 1. The number of amides is 1. The molecule has 1 aromatic carbocycles.